The fourth-order valence-corrected chi connectivity index (χ4v) is 7.21. The van der Waals surface area contributed by atoms with E-state index in [0.29, 0.717) is 31.2 Å². The molecule has 0 spiro atoms. The van der Waals surface area contributed by atoms with Crippen molar-refractivity contribution in [1.29, 1.82) is 0 Å². The maximum Gasteiger partial charge on any atom is 0.223 e. The molecule has 0 atom stereocenters. The van der Waals surface area contributed by atoms with E-state index in [1.54, 1.807) is 12.1 Å². The maximum atomic E-state index is 13.2. The molecule has 5 aliphatic rings. The molecule has 0 radical (unpaired) electrons. The standard InChI is InChI=1S/C24H27FN2O2/c25-19-3-1-18(2-4-19)23-20-5-6-27(14-21(20)26-29-23)22(28)13-24-10-15-7-16(11-24)9-17(8-15)12-24/h1-4,15-17H,5-14H2. The Hall–Kier alpha value is -2.17. The van der Waals surface area contributed by atoms with Gasteiger partial charge >= 0.3 is 0 Å². The molecule has 7 rings (SSSR count). The van der Waals surface area contributed by atoms with Crippen LogP contribution in [0, 0.1) is 29.0 Å². The fourth-order valence-electron chi connectivity index (χ4n) is 7.21. The normalized spacial score (nSPS) is 32.4. The molecule has 4 fully saturated rings. The molecule has 4 nitrogen and oxygen atoms in total. The molecule has 1 aliphatic heterocycles. The Morgan fingerprint density at radius 3 is 2.41 bits per heavy atom. The highest BCUT2D eigenvalue weighted by Gasteiger charge is 2.51. The van der Waals surface area contributed by atoms with Gasteiger partial charge in [-0.1, -0.05) is 5.16 Å². The van der Waals surface area contributed by atoms with Gasteiger partial charge in [-0.2, -0.15) is 0 Å². The number of aromatic nitrogens is 1. The summed E-state index contributed by atoms with van der Waals surface area (Å²) in [4.78, 5) is 15.2. The molecule has 29 heavy (non-hydrogen) atoms. The minimum absolute atomic E-state index is 0.261. The summed E-state index contributed by atoms with van der Waals surface area (Å²) in [5, 5.41) is 4.25. The zero-order chi connectivity index (χ0) is 19.6. The number of benzene rings is 1. The molecular formula is C24H27FN2O2. The predicted molar refractivity (Wildman–Crippen MR) is 106 cm³/mol. The van der Waals surface area contributed by atoms with Gasteiger partial charge in [-0.05, 0) is 92.4 Å². The van der Waals surface area contributed by atoms with Crippen molar-refractivity contribution in [2.45, 2.75) is 57.9 Å². The lowest BCUT2D eigenvalue weighted by Gasteiger charge is -2.57. The number of rotatable bonds is 3. The number of fused-ring (bicyclic) bond motifs is 1. The van der Waals surface area contributed by atoms with Crippen LogP contribution < -0.4 is 0 Å². The van der Waals surface area contributed by atoms with Crippen molar-refractivity contribution < 1.29 is 13.7 Å². The molecule has 0 unspecified atom stereocenters. The number of amides is 1. The molecule has 4 bridgehead atoms. The Morgan fingerprint density at radius 1 is 1.10 bits per heavy atom. The first-order chi connectivity index (χ1) is 14.1. The summed E-state index contributed by atoms with van der Waals surface area (Å²) >= 11 is 0. The van der Waals surface area contributed by atoms with Crippen LogP contribution in [0.5, 0.6) is 0 Å². The van der Waals surface area contributed by atoms with E-state index in [2.05, 4.69) is 5.16 Å². The number of carbonyl (C=O) groups is 1. The largest absolute Gasteiger partial charge is 0.356 e. The van der Waals surface area contributed by atoms with Gasteiger partial charge in [-0.3, -0.25) is 4.79 Å². The van der Waals surface area contributed by atoms with Crippen molar-refractivity contribution in [2.75, 3.05) is 6.54 Å². The van der Waals surface area contributed by atoms with Gasteiger partial charge in [0, 0.05) is 24.1 Å². The molecule has 1 amide bonds. The summed E-state index contributed by atoms with van der Waals surface area (Å²) in [5.41, 5.74) is 3.04. The Labute approximate surface area is 170 Å². The van der Waals surface area contributed by atoms with Crippen molar-refractivity contribution >= 4 is 5.91 Å². The third kappa shape index (κ3) is 3.01. The second-order valence-corrected chi connectivity index (χ2v) is 10.1. The molecule has 1 aromatic heterocycles. The monoisotopic (exact) mass is 394 g/mol. The van der Waals surface area contributed by atoms with Crippen molar-refractivity contribution in [2.24, 2.45) is 23.2 Å². The highest BCUT2D eigenvalue weighted by atomic mass is 19.1. The molecule has 152 valence electrons. The highest BCUT2D eigenvalue weighted by Crippen LogP contribution is 2.61. The molecule has 5 heteroatoms. The summed E-state index contributed by atoms with van der Waals surface area (Å²) in [6.07, 6.45) is 9.49. The Balaban J connectivity index is 1.18. The number of hydrogen-bond donors (Lipinski definition) is 0. The van der Waals surface area contributed by atoms with Crippen molar-refractivity contribution in [3.8, 4) is 11.3 Å². The van der Waals surface area contributed by atoms with Gasteiger partial charge in [0.1, 0.15) is 11.5 Å². The maximum absolute atomic E-state index is 13.2. The molecule has 0 saturated heterocycles. The Kier molecular flexibility index (Phi) is 3.91. The van der Waals surface area contributed by atoms with Gasteiger partial charge in [-0.15, -0.1) is 0 Å². The zero-order valence-electron chi connectivity index (χ0n) is 16.7. The first kappa shape index (κ1) is 17.7. The molecule has 4 aliphatic carbocycles. The van der Waals surface area contributed by atoms with Crippen molar-refractivity contribution in [1.82, 2.24) is 10.1 Å². The second-order valence-electron chi connectivity index (χ2n) is 10.1. The van der Waals surface area contributed by atoms with Crippen LogP contribution in [0.1, 0.15) is 56.2 Å². The van der Waals surface area contributed by atoms with E-state index in [9.17, 15) is 9.18 Å². The van der Waals surface area contributed by atoms with E-state index in [4.69, 9.17) is 4.52 Å². The first-order valence-corrected chi connectivity index (χ1v) is 11.1. The third-order valence-electron chi connectivity index (χ3n) is 7.99. The minimum Gasteiger partial charge on any atom is -0.356 e. The van der Waals surface area contributed by atoms with Crippen molar-refractivity contribution in [3.05, 3.63) is 41.3 Å². The minimum atomic E-state index is -0.261. The van der Waals surface area contributed by atoms with Crippen LogP contribution in [-0.4, -0.2) is 22.5 Å². The summed E-state index contributed by atoms with van der Waals surface area (Å²) in [6.45, 7) is 1.25. The van der Waals surface area contributed by atoms with E-state index in [0.717, 1.165) is 41.0 Å². The Morgan fingerprint density at radius 2 is 1.76 bits per heavy atom. The van der Waals surface area contributed by atoms with Crippen LogP contribution >= 0.6 is 0 Å². The van der Waals surface area contributed by atoms with E-state index in [-0.39, 0.29) is 11.2 Å². The summed E-state index contributed by atoms with van der Waals surface area (Å²) < 4.78 is 18.8. The van der Waals surface area contributed by atoms with Gasteiger partial charge < -0.3 is 9.42 Å². The zero-order valence-corrected chi connectivity index (χ0v) is 16.7. The first-order valence-electron chi connectivity index (χ1n) is 11.1. The molecule has 0 N–H and O–H groups in total. The summed E-state index contributed by atoms with van der Waals surface area (Å²) in [6, 6.07) is 6.32. The molecule has 2 heterocycles. The van der Waals surface area contributed by atoms with Crippen LogP contribution in [0.15, 0.2) is 28.8 Å². The predicted octanol–water partition coefficient (Wildman–Crippen LogP) is 4.97. The van der Waals surface area contributed by atoms with Gasteiger partial charge in [0.2, 0.25) is 5.91 Å². The Bertz CT molecular complexity index is 913. The molecule has 4 saturated carbocycles. The van der Waals surface area contributed by atoms with Crippen molar-refractivity contribution in [3.63, 3.8) is 0 Å². The van der Waals surface area contributed by atoms with Crippen LogP contribution in [0.3, 0.4) is 0 Å². The molecule has 2 aromatic rings. The smallest absolute Gasteiger partial charge is 0.223 e. The average Bonchev–Trinajstić information content (AvgIpc) is 3.10. The van der Waals surface area contributed by atoms with E-state index < -0.39 is 0 Å². The fraction of sp³-hybridized carbons (Fsp3) is 0.583. The lowest BCUT2D eigenvalue weighted by Crippen LogP contribution is -2.48. The van der Waals surface area contributed by atoms with Gasteiger partial charge in [-0.25, -0.2) is 4.39 Å². The number of halogens is 1. The van der Waals surface area contributed by atoms with E-state index >= 15 is 0 Å². The highest BCUT2D eigenvalue weighted by molar-refractivity contribution is 5.77. The quantitative estimate of drug-likeness (QED) is 0.738. The van der Waals surface area contributed by atoms with Gasteiger partial charge in [0.25, 0.3) is 0 Å². The lowest BCUT2D eigenvalue weighted by molar-refractivity contribution is -0.140. The topological polar surface area (TPSA) is 46.3 Å². The van der Waals surface area contributed by atoms with Crippen LogP contribution in [0.25, 0.3) is 11.3 Å². The third-order valence-corrected chi connectivity index (χ3v) is 7.99. The van der Waals surface area contributed by atoms with Gasteiger partial charge in [0.15, 0.2) is 5.76 Å². The van der Waals surface area contributed by atoms with E-state index in [1.165, 1.54) is 50.7 Å². The summed E-state index contributed by atoms with van der Waals surface area (Å²) in [7, 11) is 0. The SMILES string of the molecule is O=C(CC12CC3CC(CC(C3)C1)C2)N1CCc2c(noc2-c2ccc(F)cc2)C1. The van der Waals surface area contributed by atoms with E-state index in [1.807, 2.05) is 4.90 Å². The van der Waals surface area contributed by atoms with Crippen LogP contribution in [-0.2, 0) is 17.8 Å². The number of carbonyl (C=O) groups excluding carboxylic acids is 1. The second kappa shape index (κ2) is 6.41. The molecular weight excluding hydrogens is 367 g/mol. The average molecular weight is 394 g/mol. The number of nitrogens with zero attached hydrogens (tertiary/aromatic N) is 2. The van der Waals surface area contributed by atoms with Gasteiger partial charge in [0.05, 0.1) is 6.54 Å². The molecule has 1 aromatic carbocycles. The lowest BCUT2D eigenvalue weighted by atomic mass is 9.49. The van der Waals surface area contributed by atoms with Crippen LogP contribution in [0.4, 0.5) is 4.39 Å². The summed E-state index contributed by atoms with van der Waals surface area (Å²) in [5.74, 6) is 3.36. The van der Waals surface area contributed by atoms with Crippen LogP contribution in [0.2, 0.25) is 0 Å². The number of hydrogen-bond acceptors (Lipinski definition) is 3.